The number of primary amides is 1. The normalized spacial score (nSPS) is 10.3. The number of urea groups is 1. The Morgan fingerprint density at radius 2 is 1.74 bits per heavy atom. The monoisotopic (exact) mass is 286 g/mol. The largest absolute Gasteiger partial charge is 0.351 e. The van der Waals surface area contributed by atoms with Gasteiger partial charge in [-0.3, -0.25) is 4.79 Å². The highest BCUT2D eigenvalue weighted by Crippen LogP contribution is 2.19. The summed E-state index contributed by atoms with van der Waals surface area (Å²) in [6.45, 7) is 3.76. The van der Waals surface area contributed by atoms with Gasteiger partial charge in [0.1, 0.15) is 0 Å². The van der Waals surface area contributed by atoms with Gasteiger partial charge in [-0.25, -0.2) is 4.79 Å². The molecule has 19 heavy (non-hydrogen) atoms. The Morgan fingerprint density at radius 3 is 2.21 bits per heavy atom. The predicted molar refractivity (Wildman–Crippen MR) is 78.4 cm³/mol. The first-order valence-electron chi connectivity index (χ1n) is 5.53. The summed E-state index contributed by atoms with van der Waals surface area (Å²) in [4.78, 5) is 22.6. The number of halogens is 1. The maximum atomic E-state index is 11.9. The van der Waals surface area contributed by atoms with Gasteiger partial charge < -0.3 is 22.1 Å². The first kappa shape index (κ1) is 17.2. The molecule has 0 aliphatic rings. The fraction of sp³-hybridized carbons (Fsp3) is 0.333. The maximum absolute atomic E-state index is 11.9. The summed E-state index contributed by atoms with van der Waals surface area (Å²) in [7, 11) is 0. The van der Waals surface area contributed by atoms with E-state index in [2.05, 4.69) is 10.6 Å². The van der Waals surface area contributed by atoms with Crippen molar-refractivity contribution in [1.29, 1.82) is 0 Å². The van der Waals surface area contributed by atoms with Gasteiger partial charge in [0.25, 0.3) is 0 Å². The van der Waals surface area contributed by atoms with Crippen molar-refractivity contribution in [1.82, 2.24) is 0 Å². The van der Waals surface area contributed by atoms with Crippen LogP contribution >= 0.6 is 12.4 Å². The molecule has 1 aromatic carbocycles. The Kier molecular flexibility index (Phi) is 6.31. The fourth-order valence-electron chi connectivity index (χ4n) is 1.21. The van der Waals surface area contributed by atoms with E-state index in [1.807, 2.05) is 0 Å². The Hall–Kier alpha value is -1.79. The first-order valence-corrected chi connectivity index (χ1v) is 5.53. The molecule has 0 spiro atoms. The van der Waals surface area contributed by atoms with Gasteiger partial charge in [0.15, 0.2) is 0 Å². The number of rotatable bonds is 4. The molecule has 0 saturated carbocycles. The summed E-state index contributed by atoms with van der Waals surface area (Å²) in [6, 6.07) is 6.07. The smallest absolute Gasteiger partial charge is 0.316 e. The van der Waals surface area contributed by atoms with Crippen LogP contribution in [0.25, 0.3) is 0 Å². The molecule has 0 aliphatic heterocycles. The average Bonchev–Trinajstić information content (AvgIpc) is 2.28. The number of nitrogens with one attached hydrogen (secondary N) is 2. The third-order valence-electron chi connectivity index (χ3n) is 2.51. The van der Waals surface area contributed by atoms with Crippen LogP contribution in [0.2, 0.25) is 0 Å². The summed E-state index contributed by atoms with van der Waals surface area (Å²) in [6.07, 6.45) is 0. The zero-order valence-electron chi connectivity index (χ0n) is 10.9. The standard InChI is InChI=1S/C12H18N4O2.ClH/c1-12(2,7-13)10(17)15-8-4-3-5-9(6-8)16-11(14)18;/h3-6H,7,13H2,1-2H3,(H,15,17)(H3,14,16,18);1H. The Balaban J connectivity index is 0.00000324. The zero-order valence-corrected chi connectivity index (χ0v) is 11.7. The van der Waals surface area contributed by atoms with Crippen LogP contribution in [0.15, 0.2) is 24.3 Å². The van der Waals surface area contributed by atoms with E-state index in [1.165, 1.54) is 0 Å². The van der Waals surface area contributed by atoms with Crippen molar-refractivity contribution in [2.45, 2.75) is 13.8 Å². The molecule has 106 valence electrons. The van der Waals surface area contributed by atoms with Gasteiger partial charge in [-0.15, -0.1) is 12.4 Å². The molecule has 1 aromatic rings. The van der Waals surface area contributed by atoms with E-state index in [9.17, 15) is 9.59 Å². The van der Waals surface area contributed by atoms with Gasteiger partial charge >= 0.3 is 6.03 Å². The molecular formula is C12H19ClN4O2. The van der Waals surface area contributed by atoms with E-state index in [4.69, 9.17) is 11.5 Å². The number of hydrogen-bond donors (Lipinski definition) is 4. The minimum atomic E-state index is -0.652. The van der Waals surface area contributed by atoms with Crippen molar-refractivity contribution in [2.24, 2.45) is 16.9 Å². The molecule has 6 nitrogen and oxygen atoms in total. The van der Waals surface area contributed by atoms with Crippen LogP contribution in [0, 0.1) is 5.41 Å². The van der Waals surface area contributed by atoms with Crippen molar-refractivity contribution < 1.29 is 9.59 Å². The summed E-state index contributed by atoms with van der Waals surface area (Å²) >= 11 is 0. The minimum Gasteiger partial charge on any atom is -0.351 e. The van der Waals surface area contributed by atoms with Crippen molar-refractivity contribution in [2.75, 3.05) is 17.2 Å². The lowest BCUT2D eigenvalue weighted by molar-refractivity contribution is -0.123. The van der Waals surface area contributed by atoms with Crippen molar-refractivity contribution in [3.63, 3.8) is 0 Å². The van der Waals surface area contributed by atoms with Gasteiger partial charge in [0.05, 0.1) is 5.41 Å². The molecule has 0 fully saturated rings. The summed E-state index contributed by atoms with van der Waals surface area (Å²) in [5.74, 6) is -0.179. The number of anilines is 2. The van der Waals surface area contributed by atoms with Gasteiger partial charge in [0, 0.05) is 17.9 Å². The van der Waals surface area contributed by atoms with Gasteiger partial charge in [0.2, 0.25) is 5.91 Å². The lowest BCUT2D eigenvalue weighted by Crippen LogP contribution is -2.37. The molecular weight excluding hydrogens is 268 g/mol. The van der Waals surface area contributed by atoms with E-state index in [0.717, 1.165) is 0 Å². The first-order chi connectivity index (χ1) is 8.35. The maximum Gasteiger partial charge on any atom is 0.316 e. The van der Waals surface area contributed by atoms with Crippen LogP contribution in [0.5, 0.6) is 0 Å². The van der Waals surface area contributed by atoms with Crippen molar-refractivity contribution in [3.8, 4) is 0 Å². The SMILES string of the molecule is CC(C)(CN)C(=O)Nc1cccc(NC(N)=O)c1.Cl. The lowest BCUT2D eigenvalue weighted by atomic mass is 9.92. The Bertz CT molecular complexity index is 463. The third-order valence-corrected chi connectivity index (χ3v) is 2.51. The molecule has 0 unspecified atom stereocenters. The van der Waals surface area contributed by atoms with E-state index in [0.29, 0.717) is 11.4 Å². The number of amides is 3. The van der Waals surface area contributed by atoms with Crippen LogP contribution in [0.4, 0.5) is 16.2 Å². The quantitative estimate of drug-likeness (QED) is 0.673. The van der Waals surface area contributed by atoms with Crippen LogP contribution < -0.4 is 22.1 Å². The topological polar surface area (TPSA) is 110 Å². The molecule has 0 aromatic heterocycles. The minimum absolute atomic E-state index is 0. The highest BCUT2D eigenvalue weighted by molar-refractivity contribution is 5.96. The molecule has 0 bridgehead atoms. The van der Waals surface area contributed by atoms with Gasteiger partial charge in [-0.1, -0.05) is 6.07 Å². The van der Waals surface area contributed by atoms with E-state index in [1.54, 1.807) is 38.1 Å². The van der Waals surface area contributed by atoms with E-state index < -0.39 is 11.4 Å². The molecule has 0 heterocycles. The van der Waals surface area contributed by atoms with Crippen molar-refractivity contribution >= 4 is 35.7 Å². The van der Waals surface area contributed by atoms with E-state index in [-0.39, 0.29) is 24.9 Å². The highest BCUT2D eigenvalue weighted by Gasteiger charge is 2.25. The van der Waals surface area contributed by atoms with Crippen LogP contribution in [-0.2, 0) is 4.79 Å². The second-order valence-corrected chi connectivity index (χ2v) is 4.61. The van der Waals surface area contributed by atoms with Crippen LogP contribution in [0.1, 0.15) is 13.8 Å². The highest BCUT2D eigenvalue weighted by atomic mass is 35.5. The third kappa shape index (κ3) is 5.15. The fourth-order valence-corrected chi connectivity index (χ4v) is 1.21. The summed E-state index contributed by atoms with van der Waals surface area (Å²) in [5.41, 5.74) is 11.0. The summed E-state index contributed by atoms with van der Waals surface area (Å²) in [5, 5.41) is 5.17. The van der Waals surface area contributed by atoms with Gasteiger partial charge in [-0.2, -0.15) is 0 Å². The molecule has 7 heteroatoms. The number of hydrogen-bond acceptors (Lipinski definition) is 3. The second-order valence-electron chi connectivity index (χ2n) is 4.61. The number of carbonyl (C=O) groups excluding carboxylic acids is 2. The molecule has 0 saturated heterocycles. The van der Waals surface area contributed by atoms with Gasteiger partial charge in [-0.05, 0) is 32.0 Å². The molecule has 0 aliphatic carbocycles. The molecule has 1 rings (SSSR count). The molecule has 6 N–H and O–H groups in total. The van der Waals surface area contributed by atoms with Crippen LogP contribution in [-0.4, -0.2) is 18.5 Å². The van der Waals surface area contributed by atoms with Crippen molar-refractivity contribution in [3.05, 3.63) is 24.3 Å². The Labute approximate surface area is 118 Å². The second kappa shape index (κ2) is 6.96. The summed E-state index contributed by atoms with van der Waals surface area (Å²) < 4.78 is 0. The predicted octanol–water partition coefficient (Wildman–Crippen LogP) is 1.52. The molecule has 0 atom stereocenters. The lowest BCUT2D eigenvalue weighted by Gasteiger charge is -2.21. The molecule has 3 amide bonds. The molecule has 0 radical (unpaired) electrons. The number of nitrogens with two attached hydrogens (primary N) is 2. The number of carbonyl (C=O) groups is 2. The zero-order chi connectivity index (χ0) is 13.8. The average molecular weight is 287 g/mol. The Morgan fingerprint density at radius 1 is 1.21 bits per heavy atom. The van der Waals surface area contributed by atoms with E-state index >= 15 is 0 Å². The number of benzene rings is 1. The van der Waals surface area contributed by atoms with Crippen LogP contribution in [0.3, 0.4) is 0 Å².